The van der Waals surface area contributed by atoms with Crippen LogP contribution < -0.4 is 16.0 Å². The highest BCUT2D eigenvalue weighted by molar-refractivity contribution is 7.99. The molecule has 1 aliphatic rings. The summed E-state index contributed by atoms with van der Waals surface area (Å²) in [5, 5.41) is 0.688. The van der Waals surface area contributed by atoms with Crippen molar-refractivity contribution in [3.8, 4) is 5.75 Å². The number of methoxy groups -OCH3 is 1. The van der Waals surface area contributed by atoms with Crippen LogP contribution in [0.3, 0.4) is 0 Å². The molecule has 1 aromatic rings. The maximum atomic E-state index is 14.2. The third kappa shape index (κ3) is 3.87. The molecule has 3 N–H and O–H groups in total. The van der Waals surface area contributed by atoms with Crippen LogP contribution in [0.1, 0.15) is 43.7 Å². The Hall–Kier alpha value is -0.780. The zero-order valence-corrected chi connectivity index (χ0v) is 12.7. The first-order chi connectivity index (χ1) is 9.76. The van der Waals surface area contributed by atoms with Gasteiger partial charge in [-0.25, -0.2) is 4.39 Å². The van der Waals surface area contributed by atoms with E-state index in [-0.39, 0.29) is 17.6 Å². The number of hydrazine groups is 1. The van der Waals surface area contributed by atoms with Crippen LogP contribution >= 0.6 is 11.8 Å². The molecule has 0 saturated heterocycles. The molecule has 1 atom stereocenters. The van der Waals surface area contributed by atoms with E-state index in [1.54, 1.807) is 18.2 Å². The summed E-state index contributed by atoms with van der Waals surface area (Å²) in [6.45, 7) is 0. The molecule has 1 aromatic carbocycles. The summed E-state index contributed by atoms with van der Waals surface area (Å²) in [6.07, 6.45) is 6.50. The van der Waals surface area contributed by atoms with Crippen LogP contribution in [0.25, 0.3) is 0 Å². The van der Waals surface area contributed by atoms with Gasteiger partial charge in [0, 0.05) is 16.6 Å². The van der Waals surface area contributed by atoms with Gasteiger partial charge in [0.05, 0.1) is 13.2 Å². The molecular weight excluding hydrogens is 275 g/mol. The van der Waals surface area contributed by atoms with Crippen LogP contribution in [0, 0.1) is 5.82 Å². The number of nitrogens with two attached hydrogens (primary N) is 1. The van der Waals surface area contributed by atoms with Gasteiger partial charge in [0.15, 0.2) is 11.6 Å². The van der Waals surface area contributed by atoms with Crippen LogP contribution in [-0.2, 0) is 0 Å². The molecule has 0 spiro atoms. The van der Waals surface area contributed by atoms with Gasteiger partial charge >= 0.3 is 0 Å². The number of hydrogen-bond acceptors (Lipinski definition) is 4. The van der Waals surface area contributed by atoms with Crippen LogP contribution in [0.5, 0.6) is 5.75 Å². The summed E-state index contributed by atoms with van der Waals surface area (Å²) >= 11 is 1.90. The Morgan fingerprint density at radius 1 is 1.40 bits per heavy atom. The van der Waals surface area contributed by atoms with E-state index in [1.807, 2.05) is 11.8 Å². The Kier molecular flexibility index (Phi) is 6.13. The normalized spacial score (nSPS) is 17.9. The Balaban J connectivity index is 2.00. The smallest absolute Gasteiger partial charge is 0.169 e. The molecule has 1 fully saturated rings. The van der Waals surface area contributed by atoms with Gasteiger partial charge in [-0.3, -0.25) is 11.3 Å². The molecule has 0 radical (unpaired) electrons. The van der Waals surface area contributed by atoms with Crippen LogP contribution in [-0.4, -0.2) is 18.1 Å². The van der Waals surface area contributed by atoms with Gasteiger partial charge < -0.3 is 4.74 Å². The van der Waals surface area contributed by atoms with E-state index in [1.165, 1.54) is 39.2 Å². The highest BCUT2D eigenvalue weighted by atomic mass is 32.2. The fourth-order valence-corrected chi connectivity index (χ4v) is 4.05. The summed E-state index contributed by atoms with van der Waals surface area (Å²) in [5.74, 6) is 6.34. The number of ether oxygens (including phenoxy) is 1. The molecule has 0 heterocycles. The fraction of sp³-hybridized carbons (Fsp3) is 0.600. The summed E-state index contributed by atoms with van der Waals surface area (Å²) < 4.78 is 19.3. The second-order valence-electron chi connectivity index (χ2n) is 5.18. The molecule has 2 rings (SSSR count). The van der Waals surface area contributed by atoms with Crippen molar-refractivity contribution in [2.45, 2.75) is 43.4 Å². The van der Waals surface area contributed by atoms with Crippen LogP contribution in [0.4, 0.5) is 4.39 Å². The molecule has 20 heavy (non-hydrogen) atoms. The molecule has 0 amide bonds. The van der Waals surface area contributed by atoms with Crippen molar-refractivity contribution in [2.24, 2.45) is 5.84 Å². The first-order valence-electron chi connectivity index (χ1n) is 7.16. The van der Waals surface area contributed by atoms with Crippen molar-refractivity contribution in [2.75, 3.05) is 12.9 Å². The van der Waals surface area contributed by atoms with Crippen molar-refractivity contribution >= 4 is 11.8 Å². The number of thioether (sulfide) groups is 1. The van der Waals surface area contributed by atoms with E-state index < -0.39 is 0 Å². The van der Waals surface area contributed by atoms with E-state index in [0.29, 0.717) is 10.8 Å². The Morgan fingerprint density at radius 2 is 2.15 bits per heavy atom. The summed E-state index contributed by atoms with van der Waals surface area (Å²) in [7, 11) is 1.48. The molecule has 3 nitrogen and oxygen atoms in total. The second kappa shape index (κ2) is 7.86. The SMILES string of the molecule is COc1cccc(C(CSC2CCCCC2)NN)c1F. The van der Waals surface area contributed by atoms with Gasteiger partial charge in [-0.15, -0.1) is 0 Å². The lowest BCUT2D eigenvalue weighted by atomic mass is 10.0. The monoisotopic (exact) mass is 298 g/mol. The number of nitrogens with one attached hydrogen (secondary N) is 1. The lowest BCUT2D eigenvalue weighted by Crippen LogP contribution is -2.31. The van der Waals surface area contributed by atoms with Gasteiger partial charge in [0.2, 0.25) is 0 Å². The maximum Gasteiger partial charge on any atom is 0.169 e. The fourth-order valence-electron chi connectivity index (χ4n) is 2.65. The van der Waals surface area contributed by atoms with E-state index in [0.717, 1.165) is 5.75 Å². The quantitative estimate of drug-likeness (QED) is 0.624. The third-order valence-corrected chi connectivity index (χ3v) is 5.31. The van der Waals surface area contributed by atoms with Crippen molar-refractivity contribution in [1.82, 2.24) is 5.43 Å². The number of benzene rings is 1. The minimum Gasteiger partial charge on any atom is -0.494 e. The highest BCUT2D eigenvalue weighted by Crippen LogP contribution is 2.32. The van der Waals surface area contributed by atoms with Crippen molar-refractivity contribution in [3.05, 3.63) is 29.6 Å². The lowest BCUT2D eigenvalue weighted by Gasteiger charge is -2.24. The molecule has 1 aliphatic carbocycles. The molecule has 0 aliphatic heterocycles. The van der Waals surface area contributed by atoms with Gasteiger partial charge in [0.25, 0.3) is 0 Å². The largest absolute Gasteiger partial charge is 0.494 e. The number of hydrogen-bond donors (Lipinski definition) is 2. The molecule has 1 saturated carbocycles. The highest BCUT2D eigenvalue weighted by Gasteiger charge is 2.20. The van der Waals surface area contributed by atoms with Crippen LogP contribution in [0.2, 0.25) is 0 Å². The topological polar surface area (TPSA) is 47.3 Å². The first kappa shape index (κ1) is 15.6. The zero-order valence-electron chi connectivity index (χ0n) is 11.9. The van der Waals surface area contributed by atoms with Crippen molar-refractivity contribution < 1.29 is 9.13 Å². The van der Waals surface area contributed by atoms with E-state index in [9.17, 15) is 4.39 Å². The number of rotatable bonds is 6. The minimum atomic E-state index is -0.317. The Bertz CT molecular complexity index is 424. The first-order valence-corrected chi connectivity index (χ1v) is 8.21. The minimum absolute atomic E-state index is 0.183. The average Bonchev–Trinajstić information content (AvgIpc) is 2.50. The Labute approximate surface area is 124 Å². The molecule has 1 unspecified atom stereocenters. The summed E-state index contributed by atoms with van der Waals surface area (Å²) in [4.78, 5) is 0. The summed E-state index contributed by atoms with van der Waals surface area (Å²) in [6, 6.07) is 5.01. The molecule has 112 valence electrons. The molecule has 5 heteroatoms. The van der Waals surface area contributed by atoms with Gasteiger partial charge in [0.1, 0.15) is 0 Å². The maximum absolute atomic E-state index is 14.2. The molecular formula is C15H23FN2OS. The predicted octanol–water partition coefficient (Wildman–Crippen LogP) is 3.40. The van der Waals surface area contributed by atoms with Gasteiger partial charge in [-0.05, 0) is 18.9 Å². The van der Waals surface area contributed by atoms with Crippen molar-refractivity contribution in [3.63, 3.8) is 0 Å². The van der Waals surface area contributed by atoms with Gasteiger partial charge in [-0.2, -0.15) is 11.8 Å². The molecule has 0 bridgehead atoms. The van der Waals surface area contributed by atoms with Gasteiger partial charge in [-0.1, -0.05) is 31.4 Å². The number of halogens is 1. The summed E-state index contributed by atoms with van der Waals surface area (Å²) in [5.41, 5.74) is 3.31. The van der Waals surface area contributed by atoms with Crippen molar-refractivity contribution in [1.29, 1.82) is 0 Å². The average molecular weight is 298 g/mol. The van der Waals surface area contributed by atoms with E-state index in [2.05, 4.69) is 5.43 Å². The molecule has 0 aromatic heterocycles. The third-order valence-electron chi connectivity index (χ3n) is 3.84. The lowest BCUT2D eigenvalue weighted by molar-refractivity contribution is 0.381. The predicted molar refractivity (Wildman–Crippen MR) is 82.3 cm³/mol. The second-order valence-corrected chi connectivity index (χ2v) is 6.51. The Morgan fingerprint density at radius 3 is 2.80 bits per heavy atom. The van der Waals surface area contributed by atoms with E-state index >= 15 is 0 Å². The zero-order chi connectivity index (χ0) is 14.4. The van der Waals surface area contributed by atoms with E-state index in [4.69, 9.17) is 10.6 Å². The van der Waals surface area contributed by atoms with Crippen LogP contribution in [0.15, 0.2) is 18.2 Å². The standard InChI is InChI=1S/C15H23FN2OS/c1-19-14-9-5-8-12(15(14)16)13(18-17)10-20-11-6-3-2-4-7-11/h5,8-9,11,13,18H,2-4,6-7,10,17H2,1H3.